The molecule has 2 aromatic rings. The van der Waals surface area contributed by atoms with Crippen LogP contribution in [0.3, 0.4) is 0 Å². The van der Waals surface area contributed by atoms with E-state index in [9.17, 15) is 14.9 Å². The van der Waals surface area contributed by atoms with Crippen molar-refractivity contribution >= 4 is 23.0 Å². The number of nitro benzene ring substituents is 1. The van der Waals surface area contributed by atoms with Crippen LogP contribution in [0, 0.1) is 22.0 Å². The fourth-order valence-electron chi connectivity index (χ4n) is 5.94. The molecule has 31 heavy (non-hydrogen) atoms. The Morgan fingerprint density at radius 3 is 2.55 bits per heavy atom. The average Bonchev–Trinajstić information content (AvgIpc) is 3.44. The van der Waals surface area contributed by atoms with Crippen molar-refractivity contribution in [2.75, 3.05) is 23.3 Å². The number of nitrogens with zero attached hydrogens (tertiary/aromatic N) is 2. The lowest BCUT2D eigenvalue weighted by Crippen LogP contribution is -2.44. The van der Waals surface area contributed by atoms with Gasteiger partial charge in [0.05, 0.1) is 4.92 Å². The fraction of sp³-hybridized carbons (Fsp3) is 0.320. The van der Waals surface area contributed by atoms with Crippen LogP contribution in [0.25, 0.3) is 0 Å². The van der Waals surface area contributed by atoms with Gasteiger partial charge < -0.3 is 10.2 Å². The molecule has 2 heterocycles. The van der Waals surface area contributed by atoms with Crippen LogP contribution in [0.1, 0.15) is 46.2 Å². The third-order valence-electron chi connectivity index (χ3n) is 7.31. The van der Waals surface area contributed by atoms with Gasteiger partial charge in [0.15, 0.2) is 0 Å². The van der Waals surface area contributed by atoms with Gasteiger partial charge in [0.1, 0.15) is 0 Å². The van der Waals surface area contributed by atoms with Gasteiger partial charge in [0, 0.05) is 59.6 Å². The summed E-state index contributed by atoms with van der Waals surface area (Å²) in [6.07, 6.45) is 11.4. The number of nitrogens with one attached hydrogen (secondary N) is 1. The summed E-state index contributed by atoms with van der Waals surface area (Å²) in [5.74, 6) is 1.60. The van der Waals surface area contributed by atoms with E-state index in [1.807, 2.05) is 6.07 Å². The van der Waals surface area contributed by atoms with Gasteiger partial charge in [0.2, 0.25) is 0 Å². The first kappa shape index (κ1) is 18.4. The van der Waals surface area contributed by atoms with Gasteiger partial charge in [0.25, 0.3) is 11.6 Å². The Kier molecular flexibility index (Phi) is 4.03. The minimum Gasteiger partial charge on any atom is -0.370 e. The molecule has 1 N–H and O–H groups in total. The maximum Gasteiger partial charge on any atom is 0.270 e. The van der Waals surface area contributed by atoms with Crippen molar-refractivity contribution in [1.82, 2.24) is 0 Å². The third kappa shape index (κ3) is 2.81. The van der Waals surface area contributed by atoms with Crippen molar-refractivity contribution in [3.8, 4) is 0 Å². The molecular formula is C25H23N3O3. The predicted molar refractivity (Wildman–Crippen MR) is 120 cm³/mol. The number of benzene rings is 2. The van der Waals surface area contributed by atoms with Crippen LogP contribution in [0.2, 0.25) is 0 Å². The molecule has 0 saturated carbocycles. The van der Waals surface area contributed by atoms with Crippen molar-refractivity contribution in [3.05, 3.63) is 87.5 Å². The number of nitro groups is 1. The first-order valence-electron chi connectivity index (χ1n) is 10.9. The Bertz CT molecular complexity index is 1170. The van der Waals surface area contributed by atoms with Gasteiger partial charge in [-0.3, -0.25) is 14.9 Å². The number of carbonyl (C=O) groups is 1. The van der Waals surface area contributed by atoms with E-state index in [0.29, 0.717) is 29.2 Å². The van der Waals surface area contributed by atoms with Gasteiger partial charge in [-0.2, -0.15) is 0 Å². The molecule has 0 aromatic heterocycles. The maximum absolute atomic E-state index is 13.0. The lowest BCUT2D eigenvalue weighted by atomic mass is 9.74. The molecule has 6 heteroatoms. The van der Waals surface area contributed by atoms with Crippen LogP contribution in [-0.4, -0.2) is 23.9 Å². The first-order valence-corrected chi connectivity index (χ1v) is 10.9. The molecule has 4 atom stereocenters. The number of non-ortho nitro benzene ring substituents is 1. The molecule has 0 bridgehead atoms. The van der Waals surface area contributed by atoms with Crippen molar-refractivity contribution < 1.29 is 9.72 Å². The largest absolute Gasteiger partial charge is 0.370 e. The van der Waals surface area contributed by atoms with E-state index in [0.717, 1.165) is 31.6 Å². The Hall–Kier alpha value is -3.41. The Morgan fingerprint density at radius 2 is 1.77 bits per heavy atom. The van der Waals surface area contributed by atoms with E-state index >= 15 is 0 Å². The second-order valence-electron chi connectivity index (χ2n) is 9.03. The summed E-state index contributed by atoms with van der Waals surface area (Å²) in [6.45, 7) is 2.12. The molecule has 0 radical (unpaired) electrons. The van der Waals surface area contributed by atoms with Crippen molar-refractivity contribution in [2.45, 2.75) is 24.7 Å². The normalized spacial score (nSPS) is 26.9. The molecule has 156 valence electrons. The lowest BCUT2D eigenvalue weighted by molar-refractivity contribution is -0.384. The number of allylic oxidation sites excluding steroid dienone is 4. The molecule has 4 unspecified atom stereocenters. The van der Waals surface area contributed by atoms with E-state index in [4.69, 9.17) is 0 Å². The number of hydrogen-bond donors (Lipinski definition) is 1. The summed E-state index contributed by atoms with van der Waals surface area (Å²) in [4.78, 5) is 26.2. The van der Waals surface area contributed by atoms with Gasteiger partial charge in [-0.05, 0) is 42.4 Å². The summed E-state index contributed by atoms with van der Waals surface area (Å²) in [5.41, 5.74) is 4.90. The van der Waals surface area contributed by atoms with Crippen LogP contribution in [0.15, 0.2) is 60.7 Å². The molecule has 0 saturated heterocycles. The Balaban J connectivity index is 1.43. The average molecular weight is 413 g/mol. The molecule has 1 amide bonds. The lowest BCUT2D eigenvalue weighted by Gasteiger charge is -2.46. The number of hydrogen-bond acceptors (Lipinski definition) is 4. The number of fused-ring (bicyclic) bond motifs is 4. The van der Waals surface area contributed by atoms with Gasteiger partial charge in [-0.15, -0.1) is 0 Å². The van der Waals surface area contributed by atoms with Gasteiger partial charge in [-0.1, -0.05) is 36.4 Å². The highest BCUT2D eigenvalue weighted by molar-refractivity contribution is 6.05. The number of carbonyl (C=O) groups excluding carboxylic acids is 1. The number of rotatable bonds is 3. The van der Waals surface area contributed by atoms with Gasteiger partial charge >= 0.3 is 0 Å². The zero-order valence-corrected chi connectivity index (χ0v) is 17.0. The highest BCUT2D eigenvalue weighted by Crippen LogP contribution is 2.54. The zero-order chi connectivity index (χ0) is 21.1. The van der Waals surface area contributed by atoms with Crippen LogP contribution in [-0.2, 0) is 0 Å². The zero-order valence-electron chi connectivity index (χ0n) is 17.0. The molecule has 2 aliphatic heterocycles. The van der Waals surface area contributed by atoms with Gasteiger partial charge in [-0.25, -0.2) is 0 Å². The summed E-state index contributed by atoms with van der Waals surface area (Å²) >= 11 is 0. The molecule has 4 aliphatic rings. The fourth-order valence-corrected chi connectivity index (χ4v) is 5.94. The monoisotopic (exact) mass is 413 g/mol. The molecular weight excluding hydrogens is 390 g/mol. The summed E-state index contributed by atoms with van der Waals surface area (Å²) < 4.78 is 0. The predicted octanol–water partition coefficient (Wildman–Crippen LogP) is 5.00. The topological polar surface area (TPSA) is 75.5 Å². The standard InChI is InChI=1S/C25H23N3O3/c29-25(15-4-1-7-18(12-15)28(30)31)26-22-11-10-21-19-8-2-5-16(19)13-27-14-17-6-3-9-20(17)23(22)24(21)27/h1-4,7-12,16-17,19-20H,5-6,13-14H2,(H,26,29). The molecule has 0 spiro atoms. The van der Waals surface area contributed by atoms with Crippen molar-refractivity contribution in [1.29, 1.82) is 0 Å². The Labute approximate surface area is 180 Å². The highest BCUT2D eigenvalue weighted by atomic mass is 16.6. The molecule has 6 nitrogen and oxygen atoms in total. The van der Waals surface area contributed by atoms with E-state index < -0.39 is 4.92 Å². The minimum absolute atomic E-state index is 0.0801. The van der Waals surface area contributed by atoms with E-state index in [-0.39, 0.29) is 11.6 Å². The van der Waals surface area contributed by atoms with Crippen LogP contribution in [0.4, 0.5) is 17.1 Å². The van der Waals surface area contributed by atoms with E-state index in [1.54, 1.807) is 12.1 Å². The highest BCUT2D eigenvalue weighted by Gasteiger charge is 2.43. The minimum atomic E-state index is -0.475. The summed E-state index contributed by atoms with van der Waals surface area (Å²) in [7, 11) is 0. The molecule has 0 fully saturated rings. The molecule has 2 aromatic carbocycles. The number of amides is 1. The quantitative estimate of drug-likeness (QED) is 0.436. The SMILES string of the molecule is O=C(Nc1ccc2c3c1C1C=CCC1CN3CC1CC=CC21)c1cccc([N+](=O)[O-])c1. The Morgan fingerprint density at radius 1 is 1.03 bits per heavy atom. The van der Waals surface area contributed by atoms with Crippen molar-refractivity contribution in [3.63, 3.8) is 0 Å². The van der Waals surface area contributed by atoms with E-state index in [2.05, 4.69) is 40.6 Å². The van der Waals surface area contributed by atoms with E-state index in [1.165, 1.54) is 28.9 Å². The third-order valence-corrected chi connectivity index (χ3v) is 7.31. The van der Waals surface area contributed by atoms with Crippen molar-refractivity contribution in [2.24, 2.45) is 11.8 Å². The molecule has 2 aliphatic carbocycles. The molecule has 6 rings (SSSR count). The second-order valence-corrected chi connectivity index (χ2v) is 9.03. The maximum atomic E-state index is 13.0. The first-order chi connectivity index (χ1) is 15.1. The van der Waals surface area contributed by atoms with Crippen LogP contribution >= 0.6 is 0 Å². The summed E-state index contributed by atoms with van der Waals surface area (Å²) in [5, 5.41) is 14.2. The van der Waals surface area contributed by atoms with Crippen LogP contribution in [0.5, 0.6) is 0 Å². The summed E-state index contributed by atoms with van der Waals surface area (Å²) in [6, 6.07) is 10.1. The van der Waals surface area contributed by atoms with Crippen LogP contribution < -0.4 is 10.2 Å². The second kappa shape index (κ2) is 6.80. The smallest absolute Gasteiger partial charge is 0.270 e. The number of anilines is 2.